The summed E-state index contributed by atoms with van der Waals surface area (Å²) in [4.78, 5) is 12.6. The van der Waals surface area contributed by atoms with Crippen LogP contribution in [0.1, 0.15) is 17.3 Å². The number of para-hydroxylation sites is 1. The van der Waals surface area contributed by atoms with Crippen LogP contribution in [0.4, 0.5) is 17.1 Å². The Balaban J connectivity index is 1.67. The number of rotatable bonds is 11. The first kappa shape index (κ1) is 34.5. The van der Waals surface area contributed by atoms with E-state index in [4.69, 9.17) is 55.9 Å². The molecule has 2 N–H and O–H groups in total. The number of carbonyl (C=O) groups excluding carboxylic acids is 1. The first-order valence-corrected chi connectivity index (χ1v) is 17.3. The molecule has 0 spiro atoms. The Morgan fingerprint density at radius 2 is 1.42 bits per heavy atom. The van der Waals surface area contributed by atoms with Crippen LogP contribution in [0.15, 0.2) is 82.6 Å². The van der Waals surface area contributed by atoms with Crippen molar-refractivity contribution in [2.75, 3.05) is 35.1 Å². The van der Waals surface area contributed by atoms with E-state index in [0.717, 1.165) is 12.1 Å². The van der Waals surface area contributed by atoms with Crippen molar-refractivity contribution in [2.24, 2.45) is 0 Å². The second-order valence-corrected chi connectivity index (χ2v) is 14.3. The van der Waals surface area contributed by atoms with Gasteiger partial charge in [0.25, 0.3) is 26.0 Å². The minimum atomic E-state index is -4.43. The maximum atomic E-state index is 13.6. The largest absolute Gasteiger partial charge is 0.495 e. The van der Waals surface area contributed by atoms with Crippen molar-refractivity contribution < 1.29 is 31.1 Å². The number of nitrogens with zero attached hydrogens (tertiary/aromatic N) is 1. The van der Waals surface area contributed by atoms with Crippen molar-refractivity contribution in [1.82, 2.24) is 0 Å². The van der Waals surface area contributed by atoms with E-state index < -0.39 is 30.8 Å². The molecule has 238 valence electrons. The van der Waals surface area contributed by atoms with Crippen LogP contribution in [0.2, 0.25) is 20.1 Å². The average molecular weight is 733 g/mol. The van der Waals surface area contributed by atoms with Crippen LogP contribution in [-0.4, -0.2) is 43.5 Å². The number of sulfonamides is 2. The van der Waals surface area contributed by atoms with Crippen molar-refractivity contribution in [3.63, 3.8) is 0 Å². The lowest BCUT2D eigenvalue weighted by Crippen LogP contribution is -2.31. The van der Waals surface area contributed by atoms with E-state index in [1.807, 2.05) is 0 Å². The number of ether oxygens (including phenoxy) is 2. The van der Waals surface area contributed by atoms with Gasteiger partial charge < -0.3 is 14.8 Å². The monoisotopic (exact) mass is 731 g/mol. The minimum absolute atomic E-state index is 0.0214. The van der Waals surface area contributed by atoms with Crippen molar-refractivity contribution in [1.29, 1.82) is 0 Å². The molecule has 10 nitrogen and oxygen atoms in total. The molecule has 0 aliphatic rings. The highest BCUT2D eigenvalue weighted by atomic mass is 35.5. The lowest BCUT2D eigenvalue weighted by molar-refractivity contribution is 0.102. The highest BCUT2D eigenvalue weighted by molar-refractivity contribution is 7.93. The van der Waals surface area contributed by atoms with Gasteiger partial charge in [-0.1, -0.05) is 64.6 Å². The van der Waals surface area contributed by atoms with Crippen LogP contribution in [0, 0.1) is 0 Å². The molecule has 4 aromatic rings. The van der Waals surface area contributed by atoms with Crippen molar-refractivity contribution in [3.05, 3.63) is 98.5 Å². The highest BCUT2D eigenvalue weighted by Gasteiger charge is 2.28. The third-order valence-corrected chi connectivity index (χ3v) is 11.2. The van der Waals surface area contributed by atoms with Gasteiger partial charge >= 0.3 is 0 Å². The summed E-state index contributed by atoms with van der Waals surface area (Å²) in [5, 5.41) is 2.15. The molecule has 1 amide bonds. The van der Waals surface area contributed by atoms with E-state index in [0.29, 0.717) is 5.69 Å². The number of amides is 1. The quantitative estimate of drug-likeness (QED) is 0.163. The zero-order chi connectivity index (χ0) is 33.1. The molecule has 45 heavy (non-hydrogen) atoms. The second-order valence-electron chi connectivity index (χ2n) is 9.16. The molecule has 0 atom stereocenters. The summed E-state index contributed by atoms with van der Waals surface area (Å²) in [7, 11) is -5.87. The number of nitrogens with one attached hydrogen (secondary N) is 2. The lowest BCUT2D eigenvalue weighted by Gasteiger charge is -2.23. The van der Waals surface area contributed by atoms with Gasteiger partial charge in [-0.05, 0) is 55.5 Å². The summed E-state index contributed by atoms with van der Waals surface area (Å²) in [6.45, 7) is 1.78. The summed E-state index contributed by atoms with van der Waals surface area (Å²) in [5.41, 5.74) is 0.195. The van der Waals surface area contributed by atoms with Gasteiger partial charge in [0.1, 0.15) is 21.3 Å². The third-order valence-electron chi connectivity index (χ3n) is 6.36. The van der Waals surface area contributed by atoms with Gasteiger partial charge in [-0.25, -0.2) is 16.8 Å². The number of carbonyl (C=O) groups is 1. The van der Waals surface area contributed by atoms with Crippen LogP contribution < -0.4 is 23.8 Å². The zero-order valence-electron chi connectivity index (χ0n) is 23.8. The van der Waals surface area contributed by atoms with Crippen LogP contribution >= 0.6 is 46.4 Å². The minimum Gasteiger partial charge on any atom is -0.495 e. The summed E-state index contributed by atoms with van der Waals surface area (Å²) in [5.74, 6) is -0.495. The number of anilines is 3. The van der Waals surface area contributed by atoms with Gasteiger partial charge in [-0.2, -0.15) is 0 Å². The highest BCUT2D eigenvalue weighted by Crippen LogP contribution is 2.38. The fourth-order valence-electron chi connectivity index (χ4n) is 4.23. The average Bonchev–Trinajstić information content (AvgIpc) is 2.98. The van der Waals surface area contributed by atoms with Crippen LogP contribution in [-0.2, 0) is 20.0 Å². The summed E-state index contributed by atoms with van der Waals surface area (Å²) in [6, 6.07) is 17.1. The molecule has 16 heteroatoms. The molecule has 4 aromatic carbocycles. The fourth-order valence-corrected chi connectivity index (χ4v) is 8.37. The number of methoxy groups -OCH3 is 2. The van der Waals surface area contributed by atoms with E-state index in [-0.39, 0.29) is 60.0 Å². The fraction of sp³-hybridized carbons (Fsp3) is 0.138. The predicted molar refractivity (Wildman–Crippen MR) is 178 cm³/mol. The molecule has 0 fully saturated rings. The van der Waals surface area contributed by atoms with Crippen molar-refractivity contribution in [2.45, 2.75) is 16.7 Å². The summed E-state index contributed by atoms with van der Waals surface area (Å²) < 4.78 is 67.9. The Kier molecular flexibility index (Phi) is 10.7. The Hall–Kier alpha value is -3.39. The maximum Gasteiger partial charge on any atom is 0.265 e. The molecule has 0 aliphatic carbocycles. The van der Waals surface area contributed by atoms with Gasteiger partial charge in [0.2, 0.25) is 0 Å². The molecule has 0 aliphatic heterocycles. The van der Waals surface area contributed by atoms with Crippen LogP contribution in [0.25, 0.3) is 0 Å². The van der Waals surface area contributed by atoms with Crippen molar-refractivity contribution in [3.8, 4) is 11.5 Å². The number of hydrogen-bond acceptors (Lipinski definition) is 7. The smallest absolute Gasteiger partial charge is 0.265 e. The Bertz CT molecular complexity index is 1980. The molecule has 0 heterocycles. The lowest BCUT2D eigenvalue weighted by atomic mass is 10.2. The Morgan fingerprint density at radius 3 is 2.04 bits per heavy atom. The van der Waals surface area contributed by atoms with Gasteiger partial charge in [0.05, 0.1) is 51.2 Å². The first-order valence-electron chi connectivity index (χ1n) is 12.9. The van der Waals surface area contributed by atoms with Crippen molar-refractivity contribution >= 4 is 89.4 Å². The molecule has 0 saturated heterocycles. The summed E-state index contributed by atoms with van der Waals surface area (Å²) in [6.07, 6.45) is 0. The number of hydrogen-bond donors (Lipinski definition) is 2. The van der Waals surface area contributed by atoms with E-state index in [2.05, 4.69) is 10.0 Å². The molecule has 4 rings (SSSR count). The Labute approximate surface area is 280 Å². The van der Waals surface area contributed by atoms with Crippen LogP contribution in [0.3, 0.4) is 0 Å². The van der Waals surface area contributed by atoms with E-state index in [1.165, 1.54) is 48.9 Å². The number of halogens is 4. The predicted octanol–water partition coefficient (Wildman–Crippen LogP) is 7.59. The van der Waals surface area contributed by atoms with Gasteiger partial charge in [0.15, 0.2) is 0 Å². The molecule has 0 bridgehead atoms. The molecular weight excluding hydrogens is 708 g/mol. The summed E-state index contributed by atoms with van der Waals surface area (Å²) >= 11 is 25.0. The topological polar surface area (TPSA) is 131 Å². The molecular formula is C29H25Cl4N3O7S2. The van der Waals surface area contributed by atoms with Gasteiger partial charge in [-0.3, -0.25) is 13.8 Å². The standard InChI is InChI=1S/C29H25Cl4N3O7S2/c1-4-36(18-8-6-5-7-9-18)45(40,41)28-12-17(10-11-20(28)30)34-29(37)19-13-27(23(33)14-21(19)31)44(38,39)35-24-15-22(32)25(42-2)16-26(24)43-3/h5-16,35H,4H2,1-3H3,(H,34,37). The van der Waals surface area contributed by atoms with E-state index >= 15 is 0 Å². The molecule has 0 unspecified atom stereocenters. The number of benzene rings is 4. The first-order chi connectivity index (χ1) is 21.2. The molecule has 0 aromatic heterocycles. The molecule has 0 radical (unpaired) electrons. The normalized spacial score (nSPS) is 11.5. The van der Waals surface area contributed by atoms with E-state index in [1.54, 1.807) is 37.3 Å². The SMILES string of the molecule is CCN(c1ccccc1)S(=O)(=O)c1cc(NC(=O)c2cc(S(=O)(=O)Nc3cc(Cl)c(OC)cc3OC)c(Cl)cc2Cl)ccc1Cl. The van der Waals surface area contributed by atoms with E-state index in [9.17, 15) is 21.6 Å². The second kappa shape index (κ2) is 13.9. The van der Waals surface area contributed by atoms with Gasteiger partial charge in [0, 0.05) is 18.3 Å². The van der Waals surface area contributed by atoms with Crippen LogP contribution in [0.5, 0.6) is 11.5 Å². The molecule has 0 saturated carbocycles. The zero-order valence-corrected chi connectivity index (χ0v) is 28.4. The van der Waals surface area contributed by atoms with Gasteiger partial charge in [-0.15, -0.1) is 0 Å². The Morgan fingerprint density at radius 1 is 0.756 bits per heavy atom. The maximum absolute atomic E-state index is 13.6. The third kappa shape index (κ3) is 7.37.